The Kier molecular flexibility index (Phi) is 4.07. The van der Waals surface area contributed by atoms with E-state index < -0.39 is 0 Å². The van der Waals surface area contributed by atoms with Gasteiger partial charge in [-0.2, -0.15) is 0 Å². The maximum atomic E-state index is 11.9. The van der Waals surface area contributed by atoms with E-state index in [1.807, 2.05) is 0 Å². The number of benzene rings is 1. The van der Waals surface area contributed by atoms with Gasteiger partial charge in [-0.3, -0.25) is 4.79 Å². The summed E-state index contributed by atoms with van der Waals surface area (Å²) in [4.78, 5) is 13.6. The number of phenolic OH excluding ortho intramolecular Hbond substituents is 1. The van der Waals surface area contributed by atoms with E-state index in [1.54, 1.807) is 23.1 Å². The summed E-state index contributed by atoms with van der Waals surface area (Å²) in [7, 11) is 0. The number of amides is 1. The molecule has 0 aromatic heterocycles. The van der Waals surface area contributed by atoms with Crippen molar-refractivity contribution in [3.05, 3.63) is 18.2 Å². The topological polar surface area (TPSA) is 49.8 Å². The van der Waals surface area contributed by atoms with Crippen LogP contribution in [0.1, 0.15) is 32.6 Å². The normalized spacial score (nSPS) is 14.3. The van der Waals surface area contributed by atoms with Gasteiger partial charge in [0.05, 0.1) is 5.69 Å². The molecule has 0 atom stereocenters. The van der Waals surface area contributed by atoms with Crippen molar-refractivity contribution in [2.75, 3.05) is 18.1 Å². The van der Waals surface area contributed by atoms with Crippen LogP contribution in [0.5, 0.6) is 11.5 Å². The third kappa shape index (κ3) is 2.75. The van der Waals surface area contributed by atoms with Gasteiger partial charge in [0.1, 0.15) is 11.5 Å². The lowest BCUT2D eigenvalue weighted by atomic mass is 10.1. The number of aromatic hydroxyl groups is 1. The highest BCUT2D eigenvalue weighted by molar-refractivity contribution is 5.98. The van der Waals surface area contributed by atoms with Crippen molar-refractivity contribution in [2.45, 2.75) is 32.6 Å². The summed E-state index contributed by atoms with van der Waals surface area (Å²) in [6.07, 6.45) is 4.46. The van der Waals surface area contributed by atoms with Crippen molar-refractivity contribution in [3.8, 4) is 11.5 Å². The summed E-state index contributed by atoms with van der Waals surface area (Å²) in [5.74, 6) is 0.790. The van der Waals surface area contributed by atoms with Crippen LogP contribution < -0.4 is 9.64 Å². The van der Waals surface area contributed by atoms with Crippen LogP contribution in [-0.4, -0.2) is 24.2 Å². The molecule has 1 aromatic carbocycles. The second-order valence-corrected chi connectivity index (χ2v) is 4.55. The minimum atomic E-state index is -0.0374. The van der Waals surface area contributed by atoms with Crippen LogP contribution >= 0.6 is 0 Å². The summed E-state index contributed by atoms with van der Waals surface area (Å²) in [6, 6.07) is 4.87. The Morgan fingerprint density at radius 2 is 2.17 bits per heavy atom. The quantitative estimate of drug-likeness (QED) is 0.816. The van der Waals surface area contributed by atoms with Crippen LogP contribution in [0.15, 0.2) is 18.2 Å². The van der Waals surface area contributed by atoms with Crippen molar-refractivity contribution in [1.29, 1.82) is 0 Å². The molecule has 2 rings (SSSR count). The lowest BCUT2D eigenvalue weighted by molar-refractivity contribution is -0.121. The maximum absolute atomic E-state index is 11.9. The second-order valence-electron chi connectivity index (χ2n) is 4.55. The number of hydrogen-bond acceptors (Lipinski definition) is 3. The molecule has 1 amide bonds. The Morgan fingerprint density at radius 1 is 1.33 bits per heavy atom. The Balaban J connectivity index is 2.09. The predicted molar refractivity (Wildman–Crippen MR) is 70.1 cm³/mol. The van der Waals surface area contributed by atoms with E-state index in [2.05, 4.69) is 6.92 Å². The molecule has 1 N–H and O–H groups in total. The van der Waals surface area contributed by atoms with Crippen LogP contribution in [0.25, 0.3) is 0 Å². The zero-order chi connectivity index (χ0) is 13.0. The van der Waals surface area contributed by atoms with Crippen molar-refractivity contribution >= 4 is 11.6 Å². The molecule has 0 saturated heterocycles. The van der Waals surface area contributed by atoms with E-state index in [0.29, 0.717) is 18.0 Å². The number of nitrogens with zero attached hydrogens (tertiary/aromatic N) is 1. The van der Waals surface area contributed by atoms with E-state index in [0.717, 1.165) is 12.8 Å². The van der Waals surface area contributed by atoms with Gasteiger partial charge in [-0.15, -0.1) is 0 Å². The number of hydrogen-bond donors (Lipinski definition) is 1. The summed E-state index contributed by atoms with van der Waals surface area (Å²) in [5.41, 5.74) is 0.683. The molecule has 1 aliphatic rings. The van der Waals surface area contributed by atoms with Gasteiger partial charge in [-0.05, 0) is 18.6 Å². The first-order chi connectivity index (χ1) is 8.72. The first-order valence-corrected chi connectivity index (χ1v) is 6.48. The molecule has 0 fully saturated rings. The van der Waals surface area contributed by atoms with E-state index in [-0.39, 0.29) is 18.3 Å². The molecule has 0 saturated carbocycles. The largest absolute Gasteiger partial charge is 0.508 e. The molecule has 18 heavy (non-hydrogen) atoms. The molecule has 0 bridgehead atoms. The molecular weight excluding hydrogens is 230 g/mol. The first kappa shape index (κ1) is 12.7. The summed E-state index contributed by atoms with van der Waals surface area (Å²) >= 11 is 0. The van der Waals surface area contributed by atoms with Gasteiger partial charge in [-0.1, -0.05) is 26.2 Å². The molecule has 1 aromatic rings. The Morgan fingerprint density at radius 3 is 2.94 bits per heavy atom. The number of anilines is 1. The Hall–Kier alpha value is -1.71. The van der Waals surface area contributed by atoms with E-state index in [4.69, 9.17) is 4.74 Å². The zero-order valence-corrected chi connectivity index (χ0v) is 10.7. The second kappa shape index (κ2) is 5.76. The first-order valence-electron chi connectivity index (χ1n) is 6.48. The van der Waals surface area contributed by atoms with Crippen molar-refractivity contribution in [3.63, 3.8) is 0 Å². The predicted octanol–water partition coefficient (Wildman–Crippen LogP) is 2.70. The molecule has 1 aliphatic heterocycles. The Bertz CT molecular complexity index is 431. The van der Waals surface area contributed by atoms with E-state index >= 15 is 0 Å². The summed E-state index contributed by atoms with van der Waals surface area (Å²) in [6.45, 7) is 2.94. The van der Waals surface area contributed by atoms with Gasteiger partial charge in [0.2, 0.25) is 0 Å². The minimum Gasteiger partial charge on any atom is -0.508 e. The molecule has 4 heteroatoms. The maximum Gasteiger partial charge on any atom is 0.265 e. The third-order valence-corrected chi connectivity index (χ3v) is 3.12. The average molecular weight is 249 g/mol. The van der Waals surface area contributed by atoms with Gasteiger partial charge >= 0.3 is 0 Å². The van der Waals surface area contributed by atoms with Crippen LogP contribution in [0, 0.1) is 0 Å². The van der Waals surface area contributed by atoms with Crippen molar-refractivity contribution < 1.29 is 14.6 Å². The summed E-state index contributed by atoms with van der Waals surface area (Å²) < 4.78 is 5.35. The third-order valence-electron chi connectivity index (χ3n) is 3.12. The van der Waals surface area contributed by atoms with Crippen molar-refractivity contribution in [2.24, 2.45) is 0 Å². The van der Waals surface area contributed by atoms with Gasteiger partial charge in [-0.25, -0.2) is 0 Å². The van der Waals surface area contributed by atoms with E-state index in [9.17, 15) is 9.90 Å². The van der Waals surface area contributed by atoms with Gasteiger partial charge in [0, 0.05) is 12.6 Å². The molecule has 0 aliphatic carbocycles. The molecule has 0 spiro atoms. The molecule has 98 valence electrons. The number of ether oxygens (including phenoxy) is 1. The van der Waals surface area contributed by atoms with Gasteiger partial charge in [0.25, 0.3) is 5.91 Å². The number of fused-ring (bicyclic) bond motifs is 1. The highest BCUT2D eigenvalue weighted by Gasteiger charge is 2.25. The van der Waals surface area contributed by atoms with Crippen LogP contribution in [0.4, 0.5) is 5.69 Å². The number of rotatable bonds is 5. The lowest BCUT2D eigenvalue weighted by Crippen LogP contribution is -2.39. The number of carbonyl (C=O) groups excluding carboxylic acids is 1. The fourth-order valence-corrected chi connectivity index (χ4v) is 2.13. The fraction of sp³-hybridized carbons (Fsp3) is 0.500. The number of carbonyl (C=O) groups is 1. The Labute approximate surface area is 107 Å². The molecule has 4 nitrogen and oxygen atoms in total. The summed E-state index contributed by atoms with van der Waals surface area (Å²) in [5, 5.41) is 9.51. The highest BCUT2D eigenvalue weighted by atomic mass is 16.5. The zero-order valence-electron chi connectivity index (χ0n) is 10.7. The van der Waals surface area contributed by atoms with Crippen LogP contribution in [0.3, 0.4) is 0 Å². The van der Waals surface area contributed by atoms with Crippen LogP contribution in [-0.2, 0) is 4.79 Å². The van der Waals surface area contributed by atoms with Gasteiger partial charge in [0.15, 0.2) is 6.61 Å². The highest BCUT2D eigenvalue weighted by Crippen LogP contribution is 2.35. The molecule has 0 unspecified atom stereocenters. The van der Waals surface area contributed by atoms with Crippen molar-refractivity contribution in [1.82, 2.24) is 0 Å². The number of phenols is 1. The lowest BCUT2D eigenvalue weighted by Gasteiger charge is -2.29. The smallest absolute Gasteiger partial charge is 0.265 e. The molecule has 1 heterocycles. The number of unbranched alkanes of at least 4 members (excludes halogenated alkanes) is 3. The average Bonchev–Trinajstić information content (AvgIpc) is 2.36. The van der Waals surface area contributed by atoms with Crippen LogP contribution in [0.2, 0.25) is 0 Å². The molecular formula is C14H19NO3. The minimum absolute atomic E-state index is 0.0374. The van der Waals surface area contributed by atoms with Gasteiger partial charge < -0.3 is 14.7 Å². The standard InChI is InChI=1S/C14H19NO3/c1-2-3-4-5-8-15-12-9-11(16)6-7-13(12)18-10-14(15)17/h6-7,9,16H,2-5,8,10H2,1H3. The SMILES string of the molecule is CCCCCCN1C(=O)COc2ccc(O)cc21. The molecule has 0 radical (unpaired) electrons. The fourth-order valence-electron chi connectivity index (χ4n) is 2.13. The van der Waals surface area contributed by atoms with E-state index in [1.165, 1.54) is 12.8 Å². The monoisotopic (exact) mass is 249 g/mol.